The molecule has 3 rings (SSSR count). The van der Waals surface area contributed by atoms with Crippen molar-refractivity contribution in [2.45, 2.75) is 6.92 Å². The number of hydrogen-bond acceptors (Lipinski definition) is 6. The van der Waals surface area contributed by atoms with E-state index in [1.165, 1.54) is 23.3 Å². The van der Waals surface area contributed by atoms with E-state index in [1.54, 1.807) is 14.2 Å². The third kappa shape index (κ3) is 4.67. The fourth-order valence-corrected chi connectivity index (χ4v) is 3.70. The number of methoxy groups -OCH3 is 2. The van der Waals surface area contributed by atoms with Gasteiger partial charge in [0.1, 0.15) is 5.01 Å². The van der Waals surface area contributed by atoms with Gasteiger partial charge >= 0.3 is 6.09 Å². The van der Waals surface area contributed by atoms with E-state index in [-0.39, 0.29) is 6.79 Å². The molecule has 1 heterocycles. The van der Waals surface area contributed by atoms with Crippen molar-refractivity contribution < 1.29 is 24.1 Å². The van der Waals surface area contributed by atoms with Crippen LogP contribution in [0.25, 0.3) is 22.4 Å². The lowest BCUT2D eigenvalue weighted by molar-refractivity contribution is 0.0491. The van der Waals surface area contributed by atoms with Crippen LogP contribution < -0.4 is 14.4 Å². The quantitative estimate of drug-likeness (QED) is 0.555. The molecule has 0 aliphatic rings. The smallest absolute Gasteiger partial charge is 0.411 e. The van der Waals surface area contributed by atoms with Crippen LogP contribution in [0.3, 0.4) is 0 Å². The summed E-state index contributed by atoms with van der Waals surface area (Å²) in [5.41, 5.74) is 3.30. The summed E-state index contributed by atoms with van der Waals surface area (Å²) < 4.78 is 16.7. The number of carboxylic acid groups (broad SMARTS) is 1. The number of amides is 1. The van der Waals surface area contributed by atoms with E-state index < -0.39 is 6.09 Å². The summed E-state index contributed by atoms with van der Waals surface area (Å²) in [4.78, 5) is 17.1. The molecule has 3 aromatic rings. The Labute approximate surface area is 172 Å². The molecule has 0 aliphatic heterocycles. The predicted octanol–water partition coefficient (Wildman–Crippen LogP) is 4.88. The fourth-order valence-electron chi connectivity index (χ4n) is 2.82. The van der Waals surface area contributed by atoms with E-state index in [4.69, 9.17) is 14.2 Å². The zero-order valence-corrected chi connectivity index (χ0v) is 17.4. The summed E-state index contributed by atoms with van der Waals surface area (Å²) in [6, 6.07) is 9.38. The monoisotopic (exact) mass is 414 g/mol. The fraction of sp³-hybridized carbons (Fsp3) is 0.238. The number of benzene rings is 2. The second-order valence-corrected chi connectivity index (χ2v) is 7.36. The molecule has 0 aliphatic carbocycles. The van der Waals surface area contributed by atoms with Gasteiger partial charge in [0, 0.05) is 14.2 Å². The molecule has 29 heavy (non-hydrogen) atoms. The Bertz CT molecular complexity index is 1060. The van der Waals surface area contributed by atoms with Gasteiger partial charge in [-0.05, 0) is 48.4 Å². The molecule has 0 saturated carbocycles. The molecule has 0 spiro atoms. The van der Waals surface area contributed by atoms with Crippen molar-refractivity contribution >= 4 is 45.5 Å². The Morgan fingerprint density at radius 1 is 1.21 bits per heavy atom. The highest BCUT2D eigenvalue weighted by Crippen LogP contribution is 2.32. The van der Waals surface area contributed by atoms with Crippen molar-refractivity contribution in [3.63, 3.8) is 0 Å². The first kappa shape index (κ1) is 20.6. The summed E-state index contributed by atoms with van der Waals surface area (Å²) in [7, 11) is 4.68. The second kappa shape index (κ2) is 8.93. The number of anilines is 1. The summed E-state index contributed by atoms with van der Waals surface area (Å²) in [6.07, 6.45) is 2.87. The van der Waals surface area contributed by atoms with Crippen LogP contribution in [-0.4, -0.2) is 44.2 Å². The standard InChI is InChI=1S/C21H22N2O5S/c1-13-9-15-19(11-16(13)23(2)21(24)25)29-20(22-15)8-6-14-5-7-17(28-12-26-3)18(10-14)27-4/h5-11H,12H2,1-4H3,(H,24,25). The normalized spacial score (nSPS) is 11.2. The van der Waals surface area contributed by atoms with Crippen LogP contribution in [-0.2, 0) is 4.74 Å². The van der Waals surface area contributed by atoms with E-state index in [0.717, 1.165) is 26.4 Å². The second-order valence-electron chi connectivity index (χ2n) is 6.29. The van der Waals surface area contributed by atoms with Crippen LogP contribution in [0.4, 0.5) is 10.5 Å². The molecule has 0 bridgehead atoms. The lowest BCUT2D eigenvalue weighted by atomic mass is 10.1. The van der Waals surface area contributed by atoms with Crippen molar-refractivity contribution in [2.24, 2.45) is 0 Å². The minimum atomic E-state index is -0.996. The Morgan fingerprint density at radius 2 is 2.00 bits per heavy atom. The third-order valence-corrected chi connectivity index (χ3v) is 5.29. The topological polar surface area (TPSA) is 81.1 Å². The van der Waals surface area contributed by atoms with Gasteiger partial charge in [0.05, 0.1) is 23.0 Å². The number of thiazole rings is 1. The number of ether oxygens (including phenoxy) is 3. The number of carbonyl (C=O) groups is 1. The molecule has 0 atom stereocenters. The van der Waals surface area contributed by atoms with Gasteiger partial charge in [-0.1, -0.05) is 12.1 Å². The van der Waals surface area contributed by atoms with Gasteiger partial charge in [-0.25, -0.2) is 9.78 Å². The van der Waals surface area contributed by atoms with Crippen LogP contribution >= 0.6 is 11.3 Å². The summed E-state index contributed by atoms with van der Waals surface area (Å²) in [6.45, 7) is 2.03. The first-order valence-electron chi connectivity index (χ1n) is 8.78. The number of hydrogen-bond donors (Lipinski definition) is 1. The molecular formula is C21H22N2O5S. The van der Waals surface area contributed by atoms with Crippen LogP contribution in [0, 0.1) is 6.92 Å². The lowest BCUT2D eigenvalue weighted by Gasteiger charge is -2.15. The number of aromatic nitrogens is 1. The number of fused-ring (bicyclic) bond motifs is 1. The van der Waals surface area contributed by atoms with Gasteiger partial charge in [0.2, 0.25) is 0 Å². The number of aryl methyl sites for hydroxylation is 1. The SMILES string of the molecule is COCOc1ccc(C=Cc2nc3cc(C)c(N(C)C(=O)O)cc3s2)cc1OC. The van der Waals surface area contributed by atoms with E-state index in [9.17, 15) is 9.90 Å². The predicted molar refractivity (Wildman–Crippen MR) is 115 cm³/mol. The van der Waals surface area contributed by atoms with E-state index in [2.05, 4.69) is 4.98 Å². The molecule has 0 fully saturated rings. The van der Waals surface area contributed by atoms with Gasteiger partial charge < -0.3 is 19.3 Å². The molecule has 152 valence electrons. The maximum absolute atomic E-state index is 11.3. The minimum Gasteiger partial charge on any atom is -0.493 e. The van der Waals surface area contributed by atoms with Gasteiger partial charge in [-0.15, -0.1) is 11.3 Å². The zero-order chi connectivity index (χ0) is 21.0. The average Bonchev–Trinajstić information content (AvgIpc) is 3.11. The first-order chi connectivity index (χ1) is 13.9. The first-order valence-corrected chi connectivity index (χ1v) is 9.60. The number of nitrogens with zero attached hydrogens (tertiary/aromatic N) is 2. The van der Waals surface area contributed by atoms with Crippen molar-refractivity contribution in [3.8, 4) is 11.5 Å². The lowest BCUT2D eigenvalue weighted by Crippen LogP contribution is -2.24. The van der Waals surface area contributed by atoms with Crippen LogP contribution in [0.5, 0.6) is 11.5 Å². The van der Waals surface area contributed by atoms with Gasteiger partial charge in [-0.2, -0.15) is 0 Å². The summed E-state index contributed by atoms with van der Waals surface area (Å²) in [5, 5.41) is 10.1. The molecule has 0 saturated heterocycles. The average molecular weight is 414 g/mol. The Balaban J connectivity index is 1.86. The molecule has 8 heteroatoms. The molecule has 2 aromatic carbocycles. The van der Waals surface area contributed by atoms with Gasteiger partial charge in [-0.3, -0.25) is 4.90 Å². The molecule has 0 radical (unpaired) electrons. The highest BCUT2D eigenvalue weighted by Gasteiger charge is 2.14. The van der Waals surface area contributed by atoms with Gasteiger partial charge in [0.15, 0.2) is 18.3 Å². The van der Waals surface area contributed by atoms with Crippen LogP contribution in [0.2, 0.25) is 0 Å². The molecule has 1 amide bonds. The van der Waals surface area contributed by atoms with E-state index >= 15 is 0 Å². The highest BCUT2D eigenvalue weighted by atomic mass is 32.1. The Hall–Kier alpha value is -3.10. The molecule has 7 nitrogen and oxygen atoms in total. The van der Waals surface area contributed by atoms with Crippen LogP contribution in [0.15, 0.2) is 30.3 Å². The molecular weight excluding hydrogens is 392 g/mol. The molecule has 0 unspecified atom stereocenters. The van der Waals surface area contributed by atoms with E-state index in [1.807, 2.05) is 49.4 Å². The maximum Gasteiger partial charge on any atom is 0.411 e. The Kier molecular flexibility index (Phi) is 6.36. The van der Waals surface area contributed by atoms with E-state index in [0.29, 0.717) is 17.2 Å². The van der Waals surface area contributed by atoms with Crippen molar-refractivity contribution in [1.29, 1.82) is 0 Å². The van der Waals surface area contributed by atoms with Gasteiger partial charge in [0.25, 0.3) is 0 Å². The van der Waals surface area contributed by atoms with Crippen LogP contribution in [0.1, 0.15) is 16.1 Å². The number of rotatable bonds is 7. The highest BCUT2D eigenvalue weighted by molar-refractivity contribution is 7.19. The minimum absolute atomic E-state index is 0.149. The Morgan fingerprint density at radius 3 is 2.69 bits per heavy atom. The van der Waals surface area contributed by atoms with Crippen molar-refractivity contribution in [1.82, 2.24) is 4.98 Å². The van der Waals surface area contributed by atoms with Crippen molar-refractivity contribution in [3.05, 3.63) is 46.5 Å². The molecule has 1 aromatic heterocycles. The maximum atomic E-state index is 11.3. The molecule has 1 N–H and O–H groups in total. The zero-order valence-electron chi connectivity index (χ0n) is 16.6. The third-order valence-electron chi connectivity index (χ3n) is 4.31. The summed E-state index contributed by atoms with van der Waals surface area (Å²) in [5.74, 6) is 1.22. The summed E-state index contributed by atoms with van der Waals surface area (Å²) >= 11 is 1.50. The largest absolute Gasteiger partial charge is 0.493 e. The van der Waals surface area contributed by atoms with Crippen molar-refractivity contribution in [2.75, 3.05) is 33.0 Å².